The summed E-state index contributed by atoms with van der Waals surface area (Å²) in [5, 5.41) is 10.2. The van der Waals surface area contributed by atoms with E-state index in [2.05, 4.69) is 6.07 Å². The summed E-state index contributed by atoms with van der Waals surface area (Å²) < 4.78 is 38.6. The first-order chi connectivity index (χ1) is 17.8. The predicted octanol–water partition coefficient (Wildman–Crippen LogP) is 2.37. The fourth-order valence-corrected chi connectivity index (χ4v) is 6.38. The van der Waals surface area contributed by atoms with Gasteiger partial charge in [0.05, 0.1) is 43.0 Å². The van der Waals surface area contributed by atoms with Crippen molar-refractivity contribution in [1.82, 2.24) is 4.31 Å². The van der Waals surface area contributed by atoms with Crippen LogP contribution in [0.5, 0.6) is 0 Å². The lowest BCUT2D eigenvalue weighted by Gasteiger charge is -2.36. The topological polar surface area (TPSA) is 143 Å². The molecule has 10 nitrogen and oxygen atoms in total. The minimum atomic E-state index is -3.99. The van der Waals surface area contributed by atoms with Crippen LogP contribution in [0.15, 0.2) is 82.2 Å². The molecular weight excluding hydrogens is 496 g/mol. The first-order valence-corrected chi connectivity index (χ1v) is 13.0. The van der Waals surface area contributed by atoms with Gasteiger partial charge in [-0.15, -0.1) is 0 Å². The molecule has 0 aliphatic carbocycles. The maximum absolute atomic E-state index is 13.6. The summed E-state index contributed by atoms with van der Waals surface area (Å²) in [5.41, 5.74) is 6.48. The van der Waals surface area contributed by atoms with E-state index in [9.17, 15) is 23.3 Å². The van der Waals surface area contributed by atoms with Gasteiger partial charge in [0.25, 0.3) is 0 Å². The summed E-state index contributed by atoms with van der Waals surface area (Å²) in [4.78, 5) is 27.5. The molecule has 2 aliphatic heterocycles. The predicted molar refractivity (Wildman–Crippen MR) is 134 cm³/mol. The molecule has 2 aliphatic rings. The van der Waals surface area contributed by atoms with Crippen LogP contribution in [0.2, 0.25) is 0 Å². The number of para-hydroxylation sites is 1. The van der Waals surface area contributed by atoms with Crippen LogP contribution in [0, 0.1) is 11.3 Å². The molecule has 0 radical (unpaired) electrons. The van der Waals surface area contributed by atoms with Crippen LogP contribution in [-0.2, 0) is 29.1 Å². The van der Waals surface area contributed by atoms with Crippen molar-refractivity contribution >= 4 is 27.6 Å². The summed E-state index contributed by atoms with van der Waals surface area (Å²) in [6.45, 7) is 0.712. The fourth-order valence-electron chi connectivity index (χ4n) is 4.69. The quantitative estimate of drug-likeness (QED) is 0.566. The van der Waals surface area contributed by atoms with Crippen LogP contribution in [-0.4, -0.2) is 52.0 Å². The van der Waals surface area contributed by atoms with E-state index in [1.54, 1.807) is 42.5 Å². The molecule has 0 spiro atoms. The highest BCUT2D eigenvalue weighted by Crippen LogP contribution is 2.44. The number of carbonyl (C=O) groups excluding carboxylic acids is 2. The van der Waals surface area contributed by atoms with Crippen LogP contribution in [0.3, 0.4) is 0 Å². The Bertz CT molecular complexity index is 1440. The van der Waals surface area contributed by atoms with Crippen molar-refractivity contribution in [3.8, 4) is 6.07 Å². The largest absolute Gasteiger partial charge is 0.466 e. The van der Waals surface area contributed by atoms with E-state index in [1.165, 1.54) is 16.4 Å². The monoisotopic (exact) mass is 522 g/mol. The van der Waals surface area contributed by atoms with Gasteiger partial charge in [0.15, 0.2) is 0 Å². The van der Waals surface area contributed by atoms with Gasteiger partial charge in [0, 0.05) is 13.1 Å². The maximum Gasteiger partial charge on any atom is 0.355 e. The van der Waals surface area contributed by atoms with Crippen LogP contribution in [0.4, 0.5) is 5.69 Å². The third kappa shape index (κ3) is 4.45. The number of methoxy groups -OCH3 is 2. The van der Waals surface area contributed by atoms with Crippen LogP contribution >= 0.6 is 0 Å². The molecule has 0 aromatic heterocycles. The Morgan fingerprint density at radius 2 is 1.57 bits per heavy atom. The average Bonchev–Trinajstić information content (AvgIpc) is 3.48. The maximum atomic E-state index is 13.6. The molecule has 0 saturated carbocycles. The van der Waals surface area contributed by atoms with Crippen molar-refractivity contribution in [2.24, 2.45) is 5.73 Å². The zero-order valence-corrected chi connectivity index (χ0v) is 21.2. The molecule has 2 aromatic carbocycles. The Hall–Kier alpha value is -4.14. The molecule has 2 N–H and O–H groups in total. The minimum absolute atomic E-state index is 0.00737. The van der Waals surface area contributed by atoms with Crippen molar-refractivity contribution in [2.45, 2.75) is 23.7 Å². The van der Waals surface area contributed by atoms with Gasteiger partial charge in [-0.1, -0.05) is 42.5 Å². The van der Waals surface area contributed by atoms with E-state index in [0.29, 0.717) is 18.7 Å². The van der Waals surface area contributed by atoms with E-state index in [4.69, 9.17) is 15.2 Å². The summed E-state index contributed by atoms with van der Waals surface area (Å²) in [6, 6.07) is 16.6. The Morgan fingerprint density at radius 1 is 0.973 bits per heavy atom. The summed E-state index contributed by atoms with van der Waals surface area (Å²) >= 11 is 0. The summed E-state index contributed by atoms with van der Waals surface area (Å²) in [5.74, 6) is -3.09. The van der Waals surface area contributed by atoms with Crippen molar-refractivity contribution in [3.63, 3.8) is 0 Å². The lowest BCUT2D eigenvalue weighted by molar-refractivity contribution is -0.139. The highest BCUT2D eigenvalue weighted by Gasteiger charge is 2.44. The molecule has 192 valence electrons. The van der Waals surface area contributed by atoms with Gasteiger partial charge in [-0.25, -0.2) is 18.0 Å². The Labute approximate surface area is 215 Å². The smallest absolute Gasteiger partial charge is 0.355 e. The third-order valence-corrected chi connectivity index (χ3v) is 8.35. The van der Waals surface area contributed by atoms with E-state index in [0.717, 1.165) is 32.0 Å². The number of sulfonamides is 1. The number of anilines is 1. The molecule has 1 saturated heterocycles. The second-order valence-corrected chi connectivity index (χ2v) is 10.3. The van der Waals surface area contributed by atoms with Crippen LogP contribution in [0.25, 0.3) is 0 Å². The number of benzene rings is 2. The normalized spacial score (nSPS) is 18.5. The standard InChI is InChI=1S/C26H26N4O6S/c1-35-25(31)22-21(17-10-4-3-5-11-17)18(16-27)24(28)30(23(22)26(32)36-2)19-12-6-7-13-20(19)37(33,34)29-14-8-9-15-29/h3-7,10-13,21H,8-9,14-15,28H2,1-2H3. The van der Waals surface area contributed by atoms with Gasteiger partial charge in [-0.3, -0.25) is 4.90 Å². The highest BCUT2D eigenvalue weighted by atomic mass is 32.2. The van der Waals surface area contributed by atoms with Gasteiger partial charge in [0.1, 0.15) is 16.4 Å². The Morgan fingerprint density at radius 3 is 2.16 bits per heavy atom. The SMILES string of the molecule is COC(=O)C1=C(C(=O)OC)N(c2ccccc2S(=O)(=O)N2CCCC2)C(N)=C(C#N)C1c1ccccc1. The lowest BCUT2D eigenvalue weighted by Crippen LogP contribution is -2.41. The van der Waals surface area contributed by atoms with Crippen molar-refractivity contribution < 1.29 is 27.5 Å². The Balaban J connectivity index is 2.07. The zero-order chi connectivity index (χ0) is 26.7. The second-order valence-electron chi connectivity index (χ2n) is 8.41. The number of carbonyl (C=O) groups is 2. The van der Waals surface area contributed by atoms with E-state index in [1.807, 2.05) is 0 Å². The molecule has 2 heterocycles. The molecule has 1 atom stereocenters. The van der Waals surface area contributed by atoms with E-state index >= 15 is 0 Å². The van der Waals surface area contributed by atoms with Gasteiger partial charge in [-0.2, -0.15) is 9.57 Å². The number of hydrogen-bond acceptors (Lipinski definition) is 9. The number of nitriles is 1. The highest BCUT2D eigenvalue weighted by molar-refractivity contribution is 7.89. The summed E-state index contributed by atoms with van der Waals surface area (Å²) in [6.07, 6.45) is 1.45. The molecule has 2 aromatic rings. The van der Waals surface area contributed by atoms with Crippen molar-refractivity contribution in [3.05, 3.63) is 82.8 Å². The summed E-state index contributed by atoms with van der Waals surface area (Å²) in [7, 11) is -1.71. The first kappa shape index (κ1) is 25.9. The Kier molecular flexibility index (Phi) is 7.33. The number of esters is 2. The molecule has 1 unspecified atom stereocenters. The number of nitrogens with zero attached hydrogens (tertiary/aromatic N) is 3. The molecule has 0 bridgehead atoms. The number of rotatable bonds is 6. The van der Waals surface area contributed by atoms with Gasteiger partial charge in [0.2, 0.25) is 10.0 Å². The molecule has 1 fully saturated rings. The molecule has 4 rings (SSSR count). The molecule has 0 amide bonds. The molecular formula is C26H26N4O6S. The molecule has 37 heavy (non-hydrogen) atoms. The van der Waals surface area contributed by atoms with Crippen molar-refractivity contribution in [1.29, 1.82) is 5.26 Å². The van der Waals surface area contributed by atoms with Crippen molar-refractivity contribution in [2.75, 3.05) is 32.2 Å². The van der Waals surface area contributed by atoms with E-state index < -0.39 is 27.9 Å². The van der Waals surface area contributed by atoms with Crippen LogP contribution in [0.1, 0.15) is 24.3 Å². The number of nitrogens with two attached hydrogens (primary N) is 1. The third-order valence-electron chi connectivity index (χ3n) is 6.40. The van der Waals surface area contributed by atoms with Gasteiger partial charge >= 0.3 is 11.9 Å². The van der Waals surface area contributed by atoms with Crippen LogP contribution < -0.4 is 10.6 Å². The number of ether oxygens (including phenoxy) is 2. The lowest BCUT2D eigenvalue weighted by atomic mass is 9.81. The first-order valence-electron chi connectivity index (χ1n) is 11.5. The number of allylic oxidation sites excluding steroid dienone is 1. The average molecular weight is 523 g/mol. The fraction of sp³-hybridized carbons (Fsp3) is 0.269. The van der Waals surface area contributed by atoms with Gasteiger partial charge in [-0.05, 0) is 30.5 Å². The molecule has 11 heteroatoms. The minimum Gasteiger partial charge on any atom is -0.466 e. The van der Waals surface area contributed by atoms with E-state index in [-0.39, 0.29) is 33.2 Å². The number of hydrogen-bond donors (Lipinski definition) is 1. The van der Waals surface area contributed by atoms with Gasteiger partial charge < -0.3 is 15.2 Å². The zero-order valence-electron chi connectivity index (χ0n) is 20.4. The second kappa shape index (κ2) is 10.5.